The molecule has 0 unspecified atom stereocenters. The number of methoxy groups -OCH3 is 1. The zero-order chi connectivity index (χ0) is 17.6. The number of aliphatic imine (C=N–C) groups is 1. The molecule has 1 aliphatic carbocycles. The van der Waals surface area contributed by atoms with Crippen molar-refractivity contribution < 1.29 is 9.53 Å². The minimum absolute atomic E-state index is 0.242. The molecule has 2 heterocycles. The second-order valence-electron chi connectivity index (χ2n) is 7.58. The number of fused-ring (bicyclic) bond motifs is 2. The maximum Gasteiger partial charge on any atom is 0.256 e. The van der Waals surface area contributed by atoms with Crippen molar-refractivity contribution in [2.45, 2.75) is 38.8 Å². The fraction of sp³-hybridized carbons (Fsp3) is 0.600. The van der Waals surface area contributed by atoms with Gasteiger partial charge in [-0.1, -0.05) is 12.1 Å². The Labute approximate surface area is 149 Å². The van der Waals surface area contributed by atoms with Crippen molar-refractivity contribution in [1.82, 2.24) is 9.80 Å². The SMILES string of the molecule is CCN1C(=O)[C@]2(CC[C@@H]3CN(Cc4ccc(OC)cc4)C[C@@H]32)N=C1C. The summed E-state index contributed by atoms with van der Waals surface area (Å²) in [6.07, 6.45) is 2.04. The maximum absolute atomic E-state index is 13.0. The minimum Gasteiger partial charge on any atom is -0.497 e. The van der Waals surface area contributed by atoms with Crippen LogP contribution in [0.1, 0.15) is 32.3 Å². The van der Waals surface area contributed by atoms with Crippen LogP contribution in [0.2, 0.25) is 0 Å². The summed E-state index contributed by atoms with van der Waals surface area (Å²) in [6.45, 7) is 7.72. The molecule has 25 heavy (non-hydrogen) atoms. The molecule has 2 fully saturated rings. The number of amidine groups is 1. The number of ether oxygens (including phenoxy) is 1. The second-order valence-corrected chi connectivity index (χ2v) is 7.58. The number of hydrogen-bond donors (Lipinski definition) is 0. The first-order valence-corrected chi connectivity index (χ1v) is 9.31. The Bertz CT molecular complexity index is 699. The molecule has 4 rings (SSSR count). The standard InChI is InChI=1S/C20H27N3O2/c1-4-23-14(2)21-20(19(23)24)10-9-16-12-22(13-18(16)20)11-15-5-7-17(25-3)8-6-15/h5-8,16,18H,4,9-13H2,1-3H3/t16-,18+,20-/m1/s1. The van der Waals surface area contributed by atoms with E-state index in [0.717, 1.165) is 50.6 Å². The van der Waals surface area contributed by atoms with Gasteiger partial charge in [0, 0.05) is 32.1 Å². The highest BCUT2D eigenvalue weighted by atomic mass is 16.5. The molecule has 1 amide bonds. The van der Waals surface area contributed by atoms with Crippen molar-refractivity contribution in [2.75, 3.05) is 26.7 Å². The van der Waals surface area contributed by atoms with Gasteiger partial charge >= 0.3 is 0 Å². The molecule has 2 aliphatic heterocycles. The van der Waals surface area contributed by atoms with Gasteiger partial charge in [0.1, 0.15) is 17.1 Å². The lowest BCUT2D eigenvalue weighted by atomic mass is 9.85. The van der Waals surface area contributed by atoms with Crippen LogP contribution in [0.15, 0.2) is 29.3 Å². The van der Waals surface area contributed by atoms with Gasteiger partial charge in [0.05, 0.1) is 7.11 Å². The fourth-order valence-corrected chi connectivity index (χ4v) is 5.06. The first-order chi connectivity index (χ1) is 12.1. The Balaban J connectivity index is 1.49. The van der Waals surface area contributed by atoms with Crippen molar-refractivity contribution in [1.29, 1.82) is 0 Å². The summed E-state index contributed by atoms with van der Waals surface area (Å²) < 4.78 is 5.24. The van der Waals surface area contributed by atoms with E-state index in [1.807, 2.05) is 30.9 Å². The van der Waals surface area contributed by atoms with Gasteiger partial charge in [0.15, 0.2) is 0 Å². The van der Waals surface area contributed by atoms with Crippen LogP contribution in [0.4, 0.5) is 0 Å². The molecule has 3 aliphatic rings. The molecule has 1 aromatic carbocycles. The molecule has 0 N–H and O–H groups in total. The Morgan fingerprint density at radius 2 is 2.04 bits per heavy atom. The first kappa shape index (κ1) is 16.6. The van der Waals surface area contributed by atoms with E-state index >= 15 is 0 Å². The monoisotopic (exact) mass is 341 g/mol. The lowest BCUT2D eigenvalue weighted by Crippen LogP contribution is -2.46. The van der Waals surface area contributed by atoms with E-state index in [2.05, 4.69) is 17.0 Å². The summed E-state index contributed by atoms with van der Waals surface area (Å²) in [5.41, 5.74) is 0.821. The Morgan fingerprint density at radius 3 is 2.68 bits per heavy atom. The van der Waals surface area contributed by atoms with Crippen LogP contribution in [0.5, 0.6) is 5.75 Å². The fourth-order valence-electron chi connectivity index (χ4n) is 5.06. The molecule has 0 radical (unpaired) electrons. The average molecular weight is 341 g/mol. The average Bonchev–Trinajstić information content (AvgIpc) is 3.23. The first-order valence-electron chi connectivity index (χ1n) is 9.31. The summed E-state index contributed by atoms with van der Waals surface area (Å²) in [6, 6.07) is 8.29. The number of carbonyl (C=O) groups is 1. The lowest BCUT2D eigenvalue weighted by molar-refractivity contribution is -0.132. The van der Waals surface area contributed by atoms with Crippen LogP contribution in [0.25, 0.3) is 0 Å². The maximum atomic E-state index is 13.0. The molecule has 134 valence electrons. The predicted octanol–water partition coefficient (Wildman–Crippen LogP) is 2.56. The highest BCUT2D eigenvalue weighted by Crippen LogP contribution is 2.50. The third-order valence-corrected chi connectivity index (χ3v) is 6.28. The van der Waals surface area contributed by atoms with Crippen molar-refractivity contribution in [3.8, 4) is 5.75 Å². The van der Waals surface area contributed by atoms with E-state index in [1.165, 1.54) is 5.56 Å². The summed E-state index contributed by atoms with van der Waals surface area (Å²) >= 11 is 0. The Morgan fingerprint density at radius 1 is 1.28 bits per heavy atom. The highest BCUT2D eigenvalue weighted by molar-refractivity contribution is 6.07. The lowest BCUT2D eigenvalue weighted by Gasteiger charge is -2.28. The smallest absolute Gasteiger partial charge is 0.256 e. The molecule has 1 saturated carbocycles. The van der Waals surface area contributed by atoms with Gasteiger partial charge in [-0.25, -0.2) is 0 Å². The topological polar surface area (TPSA) is 45.1 Å². The number of nitrogens with zero attached hydrogens (tertiary/aromatic N) is 3. The third-order valence-electron chi connectivity index (χ3n) is 6.28. The van der Waals surface area contributed by atoms with E-state index < -0.39 is 5.54 Å². The summed E-state index contributed by atoms with van der Waals surface area (Å²) in [4.78, 5) is 22.3. The summed E-state index contributed by atoms with van der Waals surface area (Å²) in [5.74, 6) is 3.00. The van der Waals surface area contributed by atoms with Crippen LogP contribution in [-0.4, -0.2) is 53.8 Å². The van der Waals surface area contributed by atoms with Crippen molar-refractivity contribution in [3.63, 3.8) is 0 Å². The van der Waals surface area contributed by atoms with E-state index in [1.54, 1.807) is 7.11 Å². The van der Waals surface area contributed by atoms with E-state index in [4.69, 9.17) is 9.73 Å². The quantitative estimate of drug-likeness (QED) is 0.845. The van der Waals surface area contributed by atoms with E-state index in [9.17, 15) is 4.79 Å². The molecule has 1 spiro atoms. The zero-order valence-electron chi connectivity index (χ0n) is 15.4. The number of hydrogen-bond acceptors (Lipinski definition) is 4. The number of likely N-dealkylation sites (tertiary alicyclic amines) is 1. The Hall–Kier alpha value is -1.88. The van der Waals surface area contributed by atoms with E-state index in [-0.39, 0.29) is 5.91 Å². The van der Waals surface area contributed by atoms with Crippen LogP contribution < -0.4 is 4.74 Å². The van der Waals surface area contributed by atoms with Crippen LogP contribution >= 0.6 is 0 Å². The molecule has 0 bridgehead atoms. The molecular weight excluding hydrogens is 314 g/mol. The van der Waals surface area contributed by atoms with Gasteiger partial charge in [-0.3, -0.25) is 19.6 Å². The van der Waals surface area contributed by atoms with Crippen molar-refractivity contribution in [2.24, 2.45) is 16.8 Å². The van der Waals surface area contributed by atoms with Crippen LogP contribution in [0.3, 0.4) is 0 Å². The second kappa shape index (κ2) is 6.13. The number of amides is 1. The molecule has 0 aromatic heterocycles. The van der Waals surface area contributed by atoms with E-state index in [0.29, 0.717) is 11.8 Å². The number of rotatable bonds is 4. The normalized spacial score (nSPS) is 31.7. The van der Waals surface area contributed by atoms with Gasteiger partial charge < -0.3 is 4.74 Å². The Kier molecular flexibility index (Phi) is 4.07. The van der Waals surface area contributed by atoms with Crippen molar-refractivity contribution >= 4 is 11.7 Å². The molecule has 3 atom stereocenters. The molecule has 1 saturated heterocycles. The predicted molar refractivity (Wildman–Crippen MR) is 97.7 cm³/mol. The summed E-state index contributed by atoms with van der Waals surface area (Å²) in [7, 11) is 1.69. The molecule has 1 aromatic rings. The van der Waals surface area contributed by atoms with Gasteiger partial charge in [-0.05, 0) is 50.3 Å². The van der Waals surface area contributed by atoms with Crippen LogP contribution in [-0.2, 0) is 11.3 Å². The summed E-state index contributed by atoms with van der Waals surface area (Å²) in [5, 5.41) is 0. The van der Waals surface area contributed by atoms with Crippen molar-refractivity contribution in [3.05, 3.63) is 29.8 Å². The number of carbonyl (C=O) groups excluding carboxylic acids is 1. The highest BCUT2D eigenvalue weighted by Gasteiger charge is 2.60. The molecular formula is C20H27N3O2. The molecule has 5 nitrogen and oxygen atoms in total. The third kappa shape index (κ3) is 2.56. The minimum atomic E-state index is -0.473. The molecule has 5 heteroatoms. The van der Waals surface area contributed by atoms with Gasteiger partial charge in [-0.2, -0.15) is 0 Å². The number of benzene rings is 1. The largest absolute Gasteiger partial charge is 0.497 e. The number of likely N-dealkylation sites (N-methyl/N-ethyl adjacent to an activating group) is 1. The van der Waals surface area contributed by atoms with Gasteiger partial charge in [0.25, 0.3) is 5.91 Å². The van der Waals surface area contributed by atoms with Gasteiger partial charge in [0.2, 0.25) is 0 Å². The van der Waals surface area contributed by atoms with Crippen LogP contribution in [0, 0.1) is 11.8 Å². The zero-order valence-corrected chi connectivity index (χ0v) is 15.4. The van der Waals surface area contributed by atoms with Gasteiger partial charge in [-0.15, -0.1) is 0 Å².